The van der Waals surface area contributed by atoms with Gasteiger partial charge in [0.05, 0.1) is 22.8 Å². The smallest absolute Gasteiger partial charge is 0.0659 e. The van der Waals surface area contributed by atoms with Crippen LogP contribution in [0.2, 0.25) is 0 Å². The van der Waals surface area contributed by atoms with E-state index in [1.165, 1.54) is 0 Å². The van der Waals surface area contributed by atoms with Gasteiger partial charge in [0.1, 0.15) is 0 Å². The first-order chi connectivity index (χ1) is 11.8. The average Bonchev–Trinajstić information content (AvgIpc) is 3.32. The van der Waals surface area contributed by atoms with Crippen molar-refractivity contribution in [1.29, 1.82) is 0 Å². The van der Waals surface area contributed by atoms with Crippen LogP contribution in [-0.2, 0) is 25.8 Å². The third kappa shape index (κ3) is 3.33. The quantitative estimate of drug-likeness (QED) is 0.312. The fourth-order valence-corrected chi connectivity index (χ4v) is 2.94. The van der Waals surface area contributed by atoms with Crippen molar-refractivity contribution in [3.05, 3.63) is 71.3 Å². The summed E-state index contributed by atoms with van der Waals surface area (Å²) in [4.78, 5) is 16.0. The van der Waals surface area contributed by atoms with Crippen molar-refractivity contribution in [2.45, 2.75) is 0 Å². The second-order valence-electron chi connectivity index (χ2n) is 5.91. The van der Waals surface area contributed by atoms with E-state index in [0.717, 1.165) is 44.8 Å². The molecule has 3 aromatic heterocycles. The Labute approximate surface area is 163 Å². The second kappa shape index (κ2) is 6.41. The number of nitrogens with zero attached hydrogens (tertiary/aromatic N) is 2. The van der Waals surface area contributed by atoms with E-state index in [2.05, 4.69) is 50.3 Å². The largest absolute Gasteiger partial charge is 0.355 e. The summed E-state index contributed by atoms with van der Waals surface area (Å²) in [6.07, 6.45) is 8.05. The third-order valence-corrected chi connectivity index (χ3v) is 4.04. The molecule has 2 N–H and O–H groups in total. The minimum Gasteiger partial charge on any atom is -0.355 e. The first kappa shape index (κ1) is 16.0. The molecular formula is C20H14HfN4. The fourth-order valence-electron chi connectivity index (χ4n) is 2.94. The number of aromatic amines is 2. The minimum absolute atomic E-state index is 0. The van der Waals surface area contributed by atoms with E-state index in [4.69, 9.17) is 0 Å². The standard InChI is InChI=1S/C20H14N4.Hf/c1-2-14-10-16-5-6-18(23-16)12-20-8-7-19(24-20)11-17-4-3-15(22-17)9-13(1)21-14;/h1-12,21-22H;. The Morgan fingerprint density at radius 2 is 0.840 bits per heavy atom. The molecule has 8 bridgehead atoms. The van der Waals surface area contributed by atoms with Gasteiger partial charge in [0.25, 0.3) is 0 Å². The maximum Gasteiger partial charge on any atom is 0.0659 e. The number of hydrogen-bond acceptors (Lipinski definition) is 2. The van der Waals surface area contributed by atoms with E-state index in [-0.39, 0.29) is 25.8 Å². The molecule has 0 aliphatic carbocycles. The van der Waals surface area contributed by atoms with E-state index in [1.54, 1.807) is 0 Å². The molecule has 25 heavy (non-hydrogen) atoms. The van der Waals surface area contributed by atoms with Gasteiger partial charge >= 0.3 is 0 Å². The maximum absolute atomic E-state index is 4.62. The third-order valence-electron chi connectivity index (χ3n) is 4.04. The first-order valence-corrected chi connectivity index (χ1v) is 7.85. The Morgan fingerprint density at radius 1 is 0.480 bits per heavy atom. The summed E-state index contributed by atoms with van der Waals surface area (Å²) < 4.78 is 0. The van der Waals surface area contributed by atoms with Crippen LogP contribution < -0.4 is 0 Å². The van der Waals surface area contributed by atoms with Crippen LogP contribution in [0.25, 0.3) is 46.4 Å². The molecule has 4 nitrogen and oxygen atoms in total. The monoisotopic (exact) mass is 490 g/mol. The fraction of sp³-hybridized carbons (Fsp3) is 0. The molecule has 0 saturated heterocycles. The molecule has 118 valence electrons. The molecule has 5 heterocycles. The van der Waals surface area contributed by atoms with Crippen LogP contribution in [0.3, 0.4) is 0 Å². The zero-order valence-electron chi connectivity index (χ0n) is 13.3. The van der Waals surface area contributed by atoms with Gasteiger partial charge in [0.15, 0.2) is 0 Å². The van der Waals surface area contributed by atoms with Gasteiger partial charge in [-0.1, -0.05) is 0 Å². The summed E-state index contributed by atoms with van der Waals surface area (Å²) in [6, 6.07) is 16.4. The minimum atomic E-state index is 0. The van der Waals surface area contributed by atoms with E-state index in [9.17, 15) is 0 Å². The van der Waals surface area contributed by atoms with Crippen LogP contribution in [0, 0.1) is 0 Å². The van der Waals surface area contributed by atoms with Gasteiger partial charge in [-0.2, -0.15) is 0 Å². The van der Waals surface area contributed by atoms with Gasteiger partial charge in [0.2, 0.25) is 0 Å². The molecular weight excluding hydrogens is 475 g/mol. The molecule has 0 fully saturated rings. The molecule has 0 amide bonds. The van der Waals surface area contributed by atoms with Crippen molar-refractivity contribution in [2.24, 2.45) is 0 Å². The number of hydrogen-bond donors (Lipinski definition) is 2. The van der Waals surface area contributed by atoms with Crippen LogP contribution >= 0.6 is 0 Å². The summed E-state index contributed by atoms with van der Waals surface area (Å²) in [7, 11) is 0. The summed E-state index contributed by atoms with van der Waals surface area (Å²) in [5, 5.41) is 0. The van der Waals surface area contributed by atoms with E-state index in [1.807, 2.05) is 42.5 Å². The number of nitrogens with one attached hydrogen (secondary N) is 2. The Morgan fingerprint density at radius 3 is 1.28 bits per heavy atom. The molecule has 3 aromatic rings. The topological polar surface area (TPSA) is 57.4 Å². The van der Waals surface area contributed by atoms with E-state index < -0.39 is 0 Å². The Hall–Kier alpha value is -2.53. The molecule has 5 rings (SSSR count). The van der Waals surface area contributed by atoms with Crippen molar-refractivity contribution < 1.29 is 25.8 Å². The van der Waals surface area contributed by atoms with Crippen LogP contribution in [0.4, 0.5) is 0 Å². The van der Waals surface area contributed by atoms with Crippen molar-refractivity contribution >= 4 is 46.4 Å². The van der Waals surface area contributed by atoms with Gasteiger partial charge in [-0.3, -0.25) is 0 Å². The van der Waals surface area contributed by atoms with Crippen molar-refractivity contribution in [2.75, 3.05) is 0 Å². The van der Waals surface area contributed by atoms with E-state index in [0.29, 0.717) is 0 Å². The molecule has 2 aliphatic heterocycles. The number of rotatable bonds is 0. The molecule has 2 aliphatic rings. The van der Waals surface area contributed by atoms with Gasteiger partial charge < -0.3 is 9.97 Å². The van der Waals surface area contributed by atoms with Crippen LogP contribution in [0.15, 0.2) is 48.5 Å². The van der Waals surface area contributed by atoms with Gasteiger partial charge in [-0.25, -0.2) is 9.97 Å². The van der Waals surface area contributed by atoms with Crippen LogP contribution in [0.5, 0.6) is 0 Å². The molecule has 5 heteroatoms. The van der Waals surface area contributed by atoms with Crippen molar-refractivity contribution in [3.63, 3.8) is 0 Å². The predicted molar refractivity (Wildman–Crippen MR) is 98.9 cm³/mol. The SMILES string of the molecule is C1=Cc2cc3ccc(cc4ccc(cc5nc(cc1n2)C=C5)[nH]4)[nH]3.[Hf]. The van der Waals surface area contributed by atoms with Gasteiger partial charge in [-0.15, -0.1) is 0 Å². The Balaban J connectivity index is 0.00000157. The zero-order valence-corrected chi connectivity index (χ0v) is 16.9. The summed E-state index contributed by atoms with van der Waals surface area (Å²) in [5.74, 6) is 0. The Kier molecular flexibility index (Phi) is 4.09. The maximum atomic E-state index is 4.62. The number of H-pyrrole nitrogens is 2. The number of fused-ring (bicyclic) bond motifs is 8. The summed E-state index contributed by atoms with van der Waals surface area (Å²) in [6.45, 7) is 0. The molecule has 0 saturated carbocycles. The summed E-state index contributed by atoms with van der Waals surface area (Å²) >= 11 is 0. The molecule has 0 aromatic carbocycles. The van der Waals surface area contributed by atoms with Crippen molar-refractivity contribution in [3.8, 4) is 0 Å². The predicted octanol–water partition coefficient (Wildman–Crippen LogP) is 4.65. The Bertz CT molecular complexity index is 1080. The van der Waals surface area contributed by atoms with E-state index >= 15 is 0 Å². The molecule has 0 atom stereocenters. The normalized spacial score (nSPS) is 12.2. The second-order valence-corrected chi connectivity index (χ2v) is 5.91. The van der Waals surface area contributed by atoms with Gasteiger partial charge in [-0.05, 0) is 72.8 Å². The van der Waals surface area contributed by atoms with Crippen molar-refractivity contribution in [1.82, 2.24) is 19.9 Å². The van der Waals surface area contributed by atoms with Crippen LogP contribution in [0.1, 0.15) is 22.8 Å². The first-order valence-electron chi connectivity index (χ1n) is 7.85. The zero-order chi connectivity index (χ0) is 15.9. The van der Waals surface area contributed by atoms with Gasteiger partial charge in [0, 0.05) is 47.9 Å². The molecule has 0 unspecified atom stereocenters. The molecule has 0 radical (unpaired) electrons. The van der Waals surface area contributed by atoms with Crippen LogP contribution in [-0.4, -0.2) is 19.9 Å². The molecule has 0 spiro atoms. The average molecular weight is 489 g/mol. The number of aromatic nitrogens is 4. The summed E-state index contributed by atoms with van der Waals surface area (Å²) in [5.41, 5.74) is 7.86.